The van der Waals surface area contributed by atoms with Crippen LogP contribution in [0.1, 0.15) is 11.1 Å². The van der Waals surface area contributed by atoms with Gasteiger partial charge < -0.3 is 10.1 Å². The number of nitrogens with zero attached hydrogens (tertiary/aromatic N) is 1. The number of carbonyl (C=O) groups excluding carboxylic acids is 2. The molecule has 32 heavy (non-hydrogen) atoms. The highest BCUT2D eigenvalue weighted by molar-refractivity contribution is 8.00. The van der Waals surface area contributed by atoms with Crippen molar-refractivity contribution in [2.45, 2.75) is 11.8 Å². The van der Waals surface area contributed by atoms with Crippen LogP contribution in [0.4, 0.5) is 10.1 Å². The first kappa shape index (κ1) is 23.0. The monoisotopic (exact) mass is 451 g/mol. The Balaban J connectivity index is 1.38. The highest BCUT2D eigenvalue weighted by atomic mass is 32.2. The SMILES string of the molecule is Cc1ccc(SCC(=O)N/N=C\c2ccc(OCC(=O)Nc3ccc(F)cc3)cc2)cc1. The summed E-state index contributed by atoms with van der Waals surface area (Å²) in [7, 11) is 0. The van der Waals surface area contributed by atoms with E-state index < -0.39 is 0 Å². The molecule has 0 aliphatic heterocycles. The summed E-state index contributed by atoms with van der Waals surface area (Å²) in [6.45, 7) is 1.83. The summed E-state index contributed by atoms with van der Waals surface area (Å²) in [6, 6.07) is 20.3. The van der Waals surface area contributed by atoms with E-state index >= 15 is 0 Å². The number of aryl methyl sites for hydroxylation is 1. The molecule has 164 valence electrons. The molecule has 0 saturated heterocycles. The molecule has 0 bridgehead atoms. The Labute approximate surface area is 189 Å². The van der Waals surface area contributed by atoms with Gasteiger partial charge in [-0.1, -0.05) is 17.7 Å². The summed E-state index contributed by atoms with van der Waals surface area (Å²) in [4.78, 5) is 24.8. The summed E-state index contributed by atoms with van der Waals surface area (Å²) >= 11 is 1.44. The van der Waals surface area contributed by atoms with Gasteiger partial charge in [0.1, 0.15) is 11.6 Å². The lowest BCUT2D eigenvalue weighted by Gasteiger charge is -2.07. The van der Waals surface area contributed by atoms with Crippen molar-refractivity contribution >= 4 is 35.5 Å². The number of benzene rings is 3. The summed E-state index contributed by atoms with van der Waals surface area (Å²) in [6.07, 6.45) is 1.53. The van der Waals surface area contributed by atoms with Crippen molar-refractivity contribution in [2.24, 2.45) is 5.10 Å². The molecule has 8 heteroatoms. The van der Waals surface area contributed by atoms with Crippen molar-refractivity contribution in [1.29, 1.82) is 0 Å². The lowest BCUT2D eigenvalue weighted by atomic mass is 10.2. The molecule has 0 fully saturated rings. The van der Waals surface area contributed by atoms with Crippen LogP contribution in [0, 0.1) is 12.7 Å². The number of thioether (sulfide) groups is 1. The Hall–Kier alpha value is -3.65. The third-order valence-electron chi connectivity index (χ3n) is 4.17. The fourth-order valence-electron chi connectivity index (χ4n) is 2.52. The van der Waals surface area contributed by atoms with Crippen LogP contribution in [0.3, 0.4) is 0 Å². The molecule has 0 aromatic heterocycles. The van der Waals surface area contributed by atoms with E-state index in [1.54, 1.807) is 24.3 Å². The molecule has 0 radical (unpaired) electrons. The minimum atomic E-state index is -0.372. The van der Waals surface area contributed by atoms with Gasteiger partial charge in [0.25, 0.3) is 5.91 Å². The molecule has 0 unspecified atom stereocenters. The van der Waals surface area contributed by atoms with Crippen LogP contribution < -0.4 is 15.5 Å². The first-order valence-electron chi connectivity index (χ1n) is 9.77. The van der Waals surface area contributed by atoms with Crippen LogP contribution in [-0.4, -0.2) is 30.4 Å². The second-order valence-electron chi connectivity index (χ2n) is 6.81. The number of anilines is 1. The number of hydrogen-bond donors (Lipinski definition) is 2. The van der Waals surface area contributed by atoms with E-state index in [1.165, 1.54) is 47.8 Å². The topological polar surface area (TPSA) is 79.8 Å². The average Bonchev–Trinajstić information content (AvgIpc) is 2.80. The Bertz CT molecular complexity index is 1070. The third kappa shape index (κ3) is 7.88. The zero-order valence-corrected chi connectivity index (χ0v) is 18.2. The molecule has 6 nitrogen and oxygen atoms in total. The maximum absolute atomic E-state index is 12.9. The number of rotatable bonds is 9. The van der Waals surface area contributed by atoms with E-state index in [2.05, 4.69) is 15.8 Å². The normalized spacial score (nSPS) is 10.7. The minimum absolute atomic E-state index is 0.181. The molecule has 0 aliphatic rings. The van der Waals surface area contributed by atoms with Gasteiger partial charge in [-0.25, -0.2) is 9.82 Å². The van der Waals surface area contributed by atoms with Crippen LogP contribution >= 0.6 is 11.8 Å². The van der Waals surface area contributed by atoms with Gasteiger partial charge in [-0.15, -0.1) is 11.8 Å². The number of halogens is 1. The van der Waals surface area contributed by atoms with Crippen LogP contribution in [0.2, 0.25) is 0 Å². The molecular formula is C24H22FN3O3S. The first-order chi connectivity index (χ1) is 15.5. The van der Waals surface area contributed by atoms with Crippen LogP contribution in [-0.2, 0) is 9.59 Å². The van der Waals surface area contributed by atoms with E-state index in [-0.39, 0.29) is 30.0 Å². The fraction of sp³-hybridized carbons (Fsp3) is 0.125. The van der Waals surface area contributed by atoms with Crippen LogP contribution in [0.15, 0.2) is 82.8 Å². The van der Waals surface area contributed by atoms with E-state index in [9.17, 15) is 14.0 Å². The van der Waals surface area contributed by atoms with Gasteiger partial charge in [-0.2, -0.15) is 5.10 Å². The van der Waals surface area contributed by atoms with Gasteiger partial charge in [0, 0.05) is 10.6 Å². The fourth-order valence-corrected chi connectivity index (χ4v) is 3.21. The average molecular weight is 452 g/mol. The largest absolute Gasteiger partial charge is 0.484 e. The summed E-state index contributed by atoms with van der Waals surface area (Å²) in [5.74, 6) is -0.140. The van der Waals surface area contributed by atoms with Gasteiger partial charge in [-0.3, -0.25) is 9.59 Å². The lowest BCUT2D eigenvalue weighted by Crippen LogP contribution is -2.20. The highest BCUT2D eigenvalue weighted by Crippen LogP contribution is 2.17. The number of carbonyl (C=O) groups is 2. The van der Waals surface area contributed by atoms with Gasteiger partial charge in [-0.05, 0) is 73.2 Å². The second kappa shape index (κ2) is 11.7. The van der Waals surface area contributed by atoms with Crippen LogP contribution in [0.25, 0.3) is 0 Å². The van der Waals surface area contributed by atoms with Gasteiger partial charge in [0.05, 0.1) is 12.0 Å². The molecule has 2 N–H and O–H groups in total. The first-order valence-corrected chi connectivity index (χ1v) is 10.8. The number of amides is 2. The predicted octanol–water partition coefficient (Wildman–Crippen LogP) is 4.39. The van der Waals surface area contributed by atoms with Crippen LogP contribution in [0.5, 0.6) is 5.75 Å². The summed E-state index contributed by atoms with van der Waals surface area (Å²) in [5.41, 5.74) is 4.93. The van der Waals surface area contributed by atoms with Crippen molar-refractivity contribution < 1.29 is 18.7 Å². The molecular weight excluding hydrogens is 429 g/mol. The number of nitrogens with one attached hydrogen (secondary N) is 2. The highest BCUT2D eigenvalue weighted by Gasteiger charge is 2.04. The standard InChI is InChI=1S/C24H22FN3O3S/c1-17-2-12-22(13-3-17)32-16-24(30)28-26-14-18-4-10-21(11-5-18)31-15-23(29)27-20-8-6-19(25)7-9-20/h2-14H,15-16H2,1H3,(H,27,29)(H,28,30)/b26-14-. The molecule has 0 heterocycles. The molecule has 0 atom stereocenters. The predicted molar refractivity (Wildman–Crippen MR) is 125 cm³/mol. The zero-order valence-electron chi connectivity index (χ0n) is 17.4. The van der Waals surface area contributed by atoms with E-state index in [1.807, 2.05) is 31.2 Å². The van der Waals surface area contributed by atoms with E-state index in [4.69, 9.17) is 4.74 Å². The Morgan fingerprint density at radius 2 is 1.66 bits per heavy atom. The molecule has 0 spiro atoms. The Kier molecular flexibility index (Phi) is 8.39. The minimum Gasteiger partial charge on any atom is -0.484 e. The molecule has 0 aliphatic carbocycles. The second-order valence-corrected chi connectivity index (χ2v) is 7.86. The number of ether oxygens (including phenoxy) is 1. The third-order valence-corrected chi connectivity index (χ3v) is 5.18. The lowest BCUT2D eigenvalue weighted by molar-refractivity contribution is -0.119. The van der Waals surface area contributed by atoms with Crippen molar-refractivity contribution in [3.05, 3.63) is 89.7 Å². The summed E-state index contributed by atoms with van der Waals surface area (Å²) < 4.78 is 18.3. The summed E-state index contributed by atoms with van der Waals surface area (Å²) in [5, 5.41) is 6.57. The number of hydrogen-bond acceptors (Lipinski definition) is 5. The van der Waals surface area contributed by atoms with Crippen molar-refractivity contribution in [2.75, 3.05) is 17.7 Å². The van der Waals surface area contributed by atoms with E-state index in [0.29, 0.717) is 11.4 Å². The Morgan fingerprint density at radius 3 is 2.34 bits per heavy atom. The smallest absolute Gasteiger partial charge is 0.262 e. The molecule has 3 aromatic rings. The molecule has 0 saturated carbocycles. The zero-order chi connectivity index (χ0) is 22.8. The Morgan fingerprint density at radius 1 is 0.969 bits per heavy atom. The van der Waals surface area contributed by atoms with E-state index in [0.717, 1.165) is 10.5 Å². The molecule has 3 rings (SSSR count). The molecule has 3 aromatic carbocycles. The quantitative estimate of drug-likeness (QED) is 0.287. The van der Waals surface area contributed by atoms with Gasteiger partial charge >= 0.3 is 0 Å². The van der Waals surface area contributed by atoms with Gasteiger partial charge in [0.2, 0.25) is 5.91 Å². The molecule has 2 amide bonds. The van der Waals surface area contributed by atoms with Crippen molar-refractivity contribution in [3.63, 3.8) is 0 Å². The maximum atomic E-state index is 12.9. The maximum Gasteiger partial charge on any atom is 0.262 e. The number of hydrazone groups is 1. The van der Waals surface area contributed by atoms with Crippen molar-refractivity contribution in [1.82, 2.24) is 5.43 Å². The van der Waals surface area contributed by atoms with Gasteiger partial charge in [0.15, 0.2) is 6.61 Å². The van der Waals surface area contributed by atoms with Crippen molar-refractivity contribution in [3.8, 4) is 5.75 Å².